The second-order valence-corrected chi connectivity index (χ2v) is 3.67. The molecular formula is C7H8N6OS. The highest BCUT2D eigenvalue weighted by molar-refractivity contribution is 7.16. The van der Waals surface area contributed by atoms with Crippen LogP contribution in [0, 0.1) is 0 Å². The van der Waals surface area contributed by atoms with Gasteiger partial charge in [0.25, 0.3) is 5.91 Å². The maximum atomic E-state index is 11.5. The van der Waals surface area contributed by atoms with Gasteiger partial charge in [0, 0.05) is 12.4 Å². The van der Waals surface area contributed by atoms with Gasteiger partial charge in [0.15, 0.2) is 0 Å². The Morgan fingerprint density at radius 2 is 2.47 bits per heavy atom. The van der Waals surface area contributed by atoms with E-state index in [0.29, 0.717) is 12.4 Å². The van der Waals surface area contributed by atoms with E-state index in [-0.39, 0.29) is 16.0 Å². The molecule has 2 aromatic heterocycles. The molecule has 0 aliphatic heterocycles. The number of carbonyl (C=O) groups excluding carboxylic acids is 1. The summed E-state index contributed by atoms with van der Waals surface area (Å²) in [4.78, 5) is 18.3. The third-order valence-electron chi connectivity index (χ3n) is 1.61. The van der Waals surface area contributed by atoms with Crippen LogP contribution >= 0.6 is 11.3 Å². The number of nitrogen functional groups attached to an aromatic ring is 1. The van der Waals surface area contributed by atoms with Crippen molar-refractivity contribution in [3.63, 3.8) is 0 Å². The number of aromatic nitrogens is 4. The van der Waals surface area contributed by atoms with Gasteiger partial charge in [-0.05, 0) is 0 Å². The molecular weight excluding hydrogens is 216 g/mol. The van der Waals surface area contributed by atoms with E-state index < -0.39 is 0 Å². The summed E-state index contributed by atoms with van der Waals surface area (Å²) in [6.45, 7) is 0.325. The van der Waals surface area contributed by atoms with Gasteiger partial charge in [0.1, 0.15) is 5.82 Å². The van der Waals surface area contributed by atoms with Gasteiger partial charge in [-0.2, -0.15) is 0 Å². The summed E-state index contributed by atoms with van der Waals surface area (Å²) in [5, 5.41) is 10.3. The number of anilines is 1. The van der Waals surface area contributed by atoms with Crippen LogP contribution in [0.15, 0.2) is 12.4 Å². The van der Waals surface area contributed by atoms with E-state index in [9.17, 15) is 4.79 Å². The van der Waals surface area contributed by atoms with Gasteiger partial charge >= 0.3 is 0 Å². The molecule has 2 heterocycles. The maximum Gasteiger partial charge on any atom is 0.282 e. The predicted molar refractivity (Wildman–Crippen MR) is 54.1 cm³/mol. The van der Waals surface area contributed by atoms with Crippen LogP contribution in [0.4, 0.5) is 5.13 Å². The number of nitrogens with zero attached hydrogens (tertiary/aromatic N) is 3. The Kier molecular flexibility index (Phi) is 2.59. The number of rotatable bonds is 3. The summed E-state index contributed by atoms with van der Waals surface area (Å²) in [5.41, 5.74) is 5.35. The molecule has 2 rings (SSSR count). The maximum absolute atomic E-state index is 11.5. The topological polar surface area (TPSA) is 110 Å². The van der Waals surface area contributed by atoms with Gasteiger partial charge in [-0.3, -0.25) is 4.79 Å². The van der Waals surface area contributed by atoms with Crippen molar-refractivity contribution in [1.82, 2.24) is 25.5 Å². The Balaban J connectivity index is 1.93. The first-order valence-electron chi connectivity index (χ1n) is 4.11. The Labute approximate surface area is 88.7 Å². The van der Waals surface area contributed by atoms with Gasteiger partial charge in [0.2, 0.25) is 10.1 Å². The average Bonchev–Trinajstić information content (AvgIpc) is 2.84. The van der Waals surface area contributed by atoms with E-state index in [1.807, 2.05) is 0 Å². The molecule has 0 fully saturated rings. The van der Waals surface area contributed by atoms with E-state index >= 15 is 0 Å². The lowest BCUT2D eigenvalue weighted by molar-refractivity contribution is 0.0949. The van der Waals surface area contributed by atoms with Crippen molar-refractivity contribution in [2.24, 2.45) is 0 Å². The van der Waals surface area contributed by atoms with Crippen LogP contribution in [-0.2, 0) is 6.54 Å². The van der Waals surface area contributed by atoms with Crippen molar-refractivity contribution in [1.29, 1.82) is 0 Å². The molecule has 0 atom stereocenters. The Bertz CT molecular complexity index is 450. The first kappa shape index (κ1) is 9.59. The van der Waals surface area contributed by atoms with Gasteiger partial charge < -0.3 is 16.0 Å². The molecule has 15 heavy (non-hydrogen) atoms. The Morgan fingerprint density at radius 1 is 1.60 bits per heavy atom. The smallest absolute Gasteiger partial charge is 0.282 e. The number of imidazole rings is 1. The number of hydrogen-bond donors (Lipinski definition) is 3. The van der Waals surface area contributed by atoms with Crippen LogP contribution in [0.25, 0.3) is 0 Å². The number of aromatic amines is 1. The lowest BCUT2D eigenvalue weighted by atomic mass is 10.5. The highest BCUT2D eigenvalue weighted by Gasteiger charge is 2.11. The molecule has 4 N–H and O–H groups in total. The van der Waals surface area contributed by atoms with Crippen LogP contribution in [0.2, 0.25) is 0 Å². The van der Waals surface area contributed by atoms with Crippen LogP contribution in [0.5, 0.6) is 0 Å². The molecule has 0 spiro atoms. The van der Waals surface area contributed by atoms with Gasteiger partial charge in [0.05, 0.1) is 6.54 Å². The van der Waals surface area contributed by atoms with Crippen molar-refractivity contribution < 1.29 is 4.79 Å². The van der Waals surface area contributed by atoms with E-state index in [1.165, 1.54) is 0 Å². The molecule has 0 saturated heterocycles. The third kappa shape index (κ3) is 2.29. The fourth-order valence-electron chi connectivity index (χ4n) is 0.961. The minimum absolute atomic E-state index is 0.249. The van der Waals surface area contributed by atoms with Gasteiger partial charge in [-0.15, -0.1) is 10.2 Å². The fraction of sp³-hybridized carbons (Fsp3) is 0.143. The van der Waals surface area contributed by atoms with Crippen molar-refractivity contribution in [2.75, 3.05) is 5.73 Å². The number of H-pyrrole nitrogens is 1. The predicted octanol–water partition coefficient (Wildman–Crippen LogP) is -0.227. The number of amides is 1. The SMILES string of the molecule is Nc1nnc(C(=O)NCc2ncc[nH]2)s1. The zero-order valence-corrected chi connectivity index (χ0v) is 8.41. The molecule has 0 bridgehead atoms. The molecule has 2 aromatic rings. The molecule has 1 amide bonds. The summed E-state index contributed by atoms with van der Waals surface area (Å²) in [7, 11) is 0. The van der Waals surface area contributed by atoms with Crippen molar-refractivity contribution >= 4 is 22.4 Å². The van der Waals surface area contributed by atoms with E-state index in [2.05, 4.69) is 25.5 Å². The minimum Gasteiger partial charge on any atom is -0.374 e. The normalized spacial score (nSPS) is 10.1. The Morgan fingerprint density at radius 3 is 3.07 bits per heavy atom. The second-order valence-electron chi connectivity index (χ2n) is 2.66. The van der Waals surface area contributed by atoms with Gasteiger partial charge in [-0.25, -0.2) is 4.98 Å². The van der Waals surface area contributed by atoms with Crippen molar-refractivity contribution in [3.05, 3.63) is 23.2 Å². The van der Waals surface area contributed by atoms with E-state index in [4.69, 9.17) is 5.73 Å². The van der Waals surface area contributed by atoms with Crippen LogP contribution in [-0.4, -0.2) is 26.1 Å². The number of nitrogens with one attached hydrogen (secondary N) is 2. The van der Waals surface area contributed by atoms with Gasteiger partial charge in [-0.1, -0.05) is 11.3 Å². The molecule has 78 valence electrons. The summed E-state index contributed by atoms with van der Waals surface area (Å²) >= 11 is 1.05. The van der Waals surface area contributed by atoms with E-state index in [1.54, 1.807) is 12.4 Å². The summed E-state index contributed by atoms with van der Waals surface area (Å²) < 4.78 is 0. The average molecular weight is 224 g/mol. The third-order valence-corrected chi connectivity index (χ3v) is 2.36. The molecule has 0 unspecified atom stereocenters. The molecule has 0 aliphatic rings. The zero-order valence-electron chi connectivity index (χ0n) is 7.60. The van der Waals surface area contributed by atoms with Crippen LogP contribution < -0.4 is 11.1 Å². The largest absolute Gasteiger partial charge is 0.374 e. The number of carbonyl (C=O) groups is 1. The first-order chi connectivity index (χ1) is 7.25. The lowest BCUT2D eigenvalue weighted by Crippen LogP contribution is -2.23. The van der Waals surface area contributed by atoms with Crippen molar-refractivity contribution in [2.45, 2.75) is 6.54 Å². The molecule has 0 radical (unpaired) electrons. The van der Waals surface area contributed by atoms with E-state index in [0.717, 1.165) is 11.3 Å². The van der Waals surface area contributed by atoms with Crippen LogP contribution in [0.1, 0.15) is 15.6 Å². The minimum atomic E-state index is -0.305. The van der Waals surface area contributed by atoms with Crippen LogP contribution in [0.3, 0.4) is 0 Å². The zero-order chi connectivity index (χ0) is 10.7. The van der Waals surface area contributed by atoms with Crippen molar-refractivity contribution in [3.8, 4) is 0 Å². The quantitative estimate of drug-likeness (QED) is 0.667. The highest BCUT2D eigenvalue weighted by atomic mass is 32.1. The monoisotopic (exact) mass is 224 g/mol. The highest BCUT2D eigenvalue weighted by Crippen LogP contribution is 2.10. The lowest BCUT2D eigenvalue weighted by Gasteiger charge is -1.98. The Hall–Kier alpha value is -1.96. The molecule has 0 aliphatic carbocycles. The standard InChI is InChI=1S/C7H8N6OS/c8-7-13-12-6(15-7)5(14)11-3-4-9-1-2-10-4/h1-2H,3H2,(H2,8,13)(H,9,10)(H,11,14). The second kappa shape index (κ2) is 4.05. The molecule has 0 saturated carbocycles. The number of hydrogen-bond acceptors (Lipinski definition) is 6. The summed E-state index contributed by atoms with van der Waals surface area (Å²) in [6, 6.07) is 0. The molecule has 7 nitrogen and oxygen atoms in total. The fourth-order valence-corrected chi connectivity index (χ4v) is 1.49. The number of nitrogens with two attached hydrogens (primary N) is 1. The summed E-state index contributed by atoms with van der Waals surface area (Å²) in [6.07, 6.45) is 3.30. The first-order valence-corrected chi connectivity index (χ1v) is 4.93. The molecule has 8 heteroatoms. The molecule has 0 aromatic carbocycles. The summed E-state index contributed by atoms with van der Waals surface area (Å²) in [5.74, 6) is 0.376.